The predicted molar refractivity (Wildman–Crippen MR) is 67.6 cm³/mol. The molecule has 0 N–H and O–H groups in total. The highest BCUT2D eigenvalue weighted by Gasteiger charge is 2.39. The molecule has 1 unspecified atom stereocenters. The topological polar surface area (TPSA) is 37.4 Å². The summed E-state index contributed by atoms with van der Waals surface area (Å²) >= 11 is 0. The highest BCUT2D eigenvalue weighted by atomic mass is 19.1. The molecule has 0 bridgehead atoms. The molecule has 0 spiro atoms. The zero-order valence-corrected chi connectivity index (χ0v) is 10.4. The average Bonchev–Trinajstić information content (AvgIpc) is 3.21. The van der Waals surface area contributed by atoms with Crippen LogP contribution in [0.1, 0.15) is 18.4 Å². The van der Waals surface area contributed by atoms with Crippen molar-refractivity contribution in [1.29, 1.82) is 0 Å². The second-order valence-electron chi connectivity index (χ2n) is 5.08. The second-order valence-corrected chi connectivity index (χ2v) is 5.08. The van der Waals surface area contributed by atoms with Crippen molar-refractivity contribution in [2.45, 2.75) is 25.3 Å². The normalized spacial score (nSPS) is 23.0. The summed E-state index contributed by atoms with van der Waals surface area (Å²) < 4.78 is 12.8. The number of amides is 1. The maximum absolute atomic E-state index is 12.8. The molecule has 1 aromatic carbocycles. The van der Waals surface area contributed by atoms with Gasteiger partial charge in [0, 0.05) is 12.2 Å². The van der Waals surface area contributed by atoms with Crippen molar-refractivity contribution in [2.24, 2.45) is 5.92 Å². The fraction of sp³-hybridized carbons (Fsp3) is 0.333. The quantitative estimate of drug-likeness (QED) is 0.779. The van der Waals surface area contributed by atoms with Crippen LogP contribution >= 0.6 is 0 Å². The molecule has 1 aliphatic heterocycles. The first-order valence-electron chi connectivity index (χ1n) is 6.44. The van der Waals surface area contributed by atoms with Crippen LogP contribution in [0.2, 0.25) is 0 Å². The summed E-state index contributed by atoms with van der Waals surface area (Å²) in [6.07, 6.45) is 5.43. The van der Waals surface area contributed by atoms with Crippen LogP contribution in [-0.4, -0.2) is 22.6 Å². The van der Waals surface area contributed by atoms with E-state index in [0.717, 1.165) is 18.4 Å². The Morgan fingerprint density at radius 3 is 2.47 bits per heavy atom. The minimum absolute atomic E-state index is 0.126. The van der Waals surface area contributed by atoms with E-state index in [9.17, 15) is 14.0 Å². The van der Waals surface area contributed by atoms with E-state index in [4.69, 9.17) is 0 Å². The summed E-state index contributed by atoms with van der Waals surface area (Å²) in [6.45, 7) is 0. The number of rotatable bonds is 3. The monoisotopic (exact) mass is 259 g/mol. The standard InChI is InChI=1S/C15H14FNO2/c16-11-3-1-10(2-4-11)9-13-14(18)7-8-17(15(13)19)12-5-6-12/h1-4,7-8,12-13H,5-6,9H2. The molecule has 0 aromatic heterocycles. The minimum Gasteiger partial charge on any atom is -0.315 e. The van der Waals surface area contributed by atoms with Crippen molar-refractivity contribution in [3.8, 4) is 0 Å². The lowest BCUT2D eigenvalue weighted by atomic mass is 9.92. The van der Waals surface area contributed by atoms with Gasteiger partial charge in [-0.3, -0.25) is 9.59 Å². The molecule has 2 aliphatic rings. The van der Waals surface area contributed by atoms with Gasteiger partial charge in [-0.2, -0.15) is 0 Å². The molecule has 0 saturated heterocycles. The van der Waals surface area contributed by atoms with Crippen LogP contribution in [0.3, 0.4) is 0 Å². The minimum atomic E-state index is -0.656. The zero-order valence-electron chi connectivity index (χ0n) is 10.4. The van der Waals surface area contributed by atoms with Gasteiger partial charge in [0.1, 0.15) is 11.7 Å². The summed E-state index contributed by atoms with van der Waals surface area (Å²) in [5, 5.41) is 0. The average molecular weight is 259 g/mol. The van der Waals surface area contributed by atoms with E-state index in [1.54, 1.807) is 23.2 Å². The van der Waals surface area contributed by atoms with Gasteiger partial charge < -0.3 is 4.90 Å². The number of carbonyl (C=O) groups is 2. The lowest BCUT2D eigenvalue weighted by Gasteiger charge is -2.26. The van der Waals surface area contributed by atoms with Crippen LogP contribution in [0.5, 0.6) is 0 Å². The largest absolute Gasteiger partial charge is 0.315 e. The third-order valence-electron chi connectivity index (χ3n) is 3.59. The molecule has 1 amide bonds. The van der Waals surface area contributed by atoms with Crippen molar-refractivity contribution >= 4 is 11.7 Å². The Labute approximate surface area is 110 Å². The van der Waals surface area contributed by atoms with E-state index >= 15 is 0 Å². The highest BCUT2D eigenvalue weighted by molar-refractivity contribution is 6.09. The van der Waals surface area contributed by atoms with E-state index < -0.39 is 5.92 Å². The van der Waals surface area contributed by atoms with Crippen molar-refractivity contribution in [3.63, 3.8) is 0 Å². The van der Waals surface area contributed by atoms with Gasteiger partial charge in [0.05, 0.1) is 0 Å². The lowest BCUT2D eigenvalue weighted by molar-refractivity contribution is -0.139. The van der Waals surface area contributed by atoms with Crippen LogP contribution in [0, 0.1) is 11.7 Å². The number of hydrogen-bond donors (Lipinski definition) is 0. The van der Waals surface area contributed by atoms with Crippen LogP contribution in [0.4, 0.5) is 4.39 Å². The van der Waals surface area contributed by atoms with Gasteiger partial charge in [-0.1, -0.05) is 12.1 Å². The van der Waals surface area contributed by atoms with Gasteiger partial charge in [-0.05, 0) is 43.0 Å². The number of carbonyl (C=O) groups excluding carboxylic acids is 2. The van der Waals surface area contributed by atoms with Crippen LogP contribution in [0.15, 0.2) is 36.5 Å². The highest BCUT2D eigenvalue weighted by Crippen LogP contribution is 2.31. The Morgan fingerprint density at radius 2 is 1.84 bits per heavy atom. The molecule has 3 rings (SSSR count). The molecular formula is C15H14FNO2. The van der Waals surface area contributed by atoms with Crippen LogP contribution in [0.25, 0.3) is 0 Å². The van der Waals surface area contributed by atoms with Gasteiger partial charge >= 0.3 is 0 Å². The van der Waals surface area contributed by atoms with E-state index in [2.05, 4.69) is 0 Å². The Morgan fingerprint density at radius 1 is 1.16 bits per heavy atom. The lowest BCUT2D eigenvalue weighted by Crippen LogP contribution is -2.41. The third-order valence-corrected chi connectivity index (χ3v) is 3.59. The van der Waals surface area contributed by atoms with Gasteiger partial charge in [-0.15, -0.1) is 0 Å². The summed E-state index contributed by atoms with van der Waals surface area (Å²) in [5.41, 5.74) is 0.805. The maximum atomic E-state index is 12.8. The van der Waals surface area contributed by atoms with Crippen molar-refractivity contribution < 1.29 is 14.0 Å². The van der Waals surface area contributed by atoms with E-state index in [0.29, 0.717) is 6.42 Å². The summed E-state index contributed by atoms with van der Waals surface area (Å²) in [5.74, 6) is -1.26. The van der Waals surface area contributed by atoms with Crippen molar-refractivity contribution in [2.75, 3.05) is 0 Å². The number of ketones is 1. The number of benzene rings is 1. The first kappa shape index (κ1) is 12.1. The number of allylic oxidation sites excluding steroid dienone is 1. The molecule has 4 heteroatoms. The van der Waals surface area contributed by atoms with E-state index in [-0.39, 0.29) is 23.5 Å². The first-order chi connectivity index (χ1) is 9.15. The maximum Gasteiger partial charge on any atom is 0.238 e. The van der Waals surface area contributed by atoms with Gasteiger partial charge in [0.2, 0.25) is 5.91 Å². The number of halogens is 1. The molecule has 1 heterocycles. The zero-order chi connectivity index (χ0) is 13.4. The molecule has 98 valence electrons. The summed E-state index contributed by atoms with van der Waals surface area (Å²) in [4.78, 5) is 25.8. The molecule has 1 atom stereocenters. The second kappa shape index (κ2) is 4.61. The molecule has 19 heavy (non-hydrogen) atoms. The molecule has 1 aliphatic carbocycles. The first-order valence-corrected chi connectivity index (χ1v) is 6.44. The number of hydrogen-bond acceptors (Lipinski definition) is 2. The summed E-state index contributed by atoms with van der Waals surface area (Å²) in [7, 11) is 0. The fourth-order valence-electron chi connectivity index (χ4n) is 2.34. The van der Waals surface area contributed by atoms with Crippen molar-refractivity contribution in [1.82, 2.24) is 4.90 Å². The van der Waals surface area contributed by atoms with Gasteiger partial charge in [0.25, 0.3) is 0 Å². The van der Waals surface area contributed by atoms with Crippen molar-refractivity contribution in [3.05, 3.63) is 47.9 Å². The Hall–Kier alpha value is -1.97. The molecule has 0 radical (unpaired) electrons. The van der Waals surface area contributed by atoms with E-state index in [1.165, 1.54) is 18.2 Å². The summed E-state index contributed by atoms with van der Waals surface area (Å²) in [6, 6.07) is 6.21. The third kappa shape index (κ3) is 2.43. The molecular weight excluding hydrogens is 245 g/mol. The predicted octanol–water partition coefficient (Wildman–Crippen LogP) is 2.07. The Kier molecular flexibility index (Phi) is 2.93. The fourth-order valence-corrected chi connectivity index (χ4v) is 2.34. The van der Waals surface area contributed by atoms with E-state index in [1.807, 2.05) is 0 Å². The van der Waals surface area contributed by atoms with Crippen LogP contribution < -0.4 is 0 Å². The van der Waals surface area contributed by atoms with Gasteiger partial charge in [-0.25, -0.2) is 4.39 Å². The molecule has 1 aromatic rings. The molecule has 1 saturated carbocycles. The SMILES string of the molecule is O=C1C=CN(C2CC2)C(=O)C1Cc1ccc(F)cc1. The Bertz CT molecular complexity index is 546. The van der Waals surface area contributed by atoms with Crippen LogP contribution in [-0.2, 0) is 16.0 Å². The smallest absolute Gasteiger partial charge is 0.238 e. The number of nitrogens with zero attached hydrogens (tertiary/aromatic N) is 1. The molecule has 3 nitrogen and oxygen atoms in total. The Balaban J connectivity index is 1.79. The van der Waals surface area contributed by atoms with Gasteiger partial charge in [0.15, 0.2) is 5.78 Å². The molecule has 1 fully saturated rings.